The summed E-state index contributed by atoms with van der Waals surface area (Å²) in [6.07, 6.45) is 3.92. The number of para-hydroxylation sites is 1. The monoisotopic (exact) mass is 273 g/mol. The molecule has 1 aromatic heterocycles. The molecule has 0 aliphatic rings. The lowest BCUT2D eigenvalue weighted by Gasteiger charge is -2.17. The van der Waals surface area contributed by atoms with Crippen molar-refractivity contribution in [2.75, 3.05) is 0 Å². The summed E-state index contributed by atoms with van der Waals surface area (Å²) in [6, 6.07) is 10.1. The van der Waals surface area contributed by atoms with Crippen molar-refractivity contribution in [2.45, 2.75) is 13.5 Å². The molecule has 0 unspecified atom stereocenters. The van der Waals surface area contributed by atoms with Crippen LogP contribution >= 0.6 is 0 Å². The van der Waals surface area contributed by atoms with Gasteiger partial charge in [0.15, 0.2) is 18.1 Å². The Kier molecular flexibility index (Phi) is 5.20. The maximum Gasteiger partial charge on any atom is 0.161 e. The van der Waals surface area contributed by atoms with E-state index in [2.05, 4.69) is 12.1 Å². The molecule has 0 atom stereocenters. The minimum Gasteiger partial charge on any atom is -0.222 e. The highest BCUT2D eigenvalue weighted by molar-refractivity contribution is 5.28. The van der Waals surface area contributed by atoms with Crippen LogP contribution in [0.1, 0.15) is 6.92 Å². The summed E-state index contributed by atoms with van der Waals surface area (Å²) >= 11 is 0. The first-order valence-electron chi connectivity index (χ1n) is 5.02. The van der Waals surface area contributed by atoms with Crippen LogP contribution in [0.2, 0.25) is 0 Å². The minimum absolute atomic E-state index is 0.903. The third-order valence-electron chi connectivity index (χ3n) is 1.94. The summed E-state index contributed by atoms with van der Waals surface area (Å²) in [7, 11) is -4.94. The van der Waals surface area contributed by atoms with Gasteiger partial charge in [-0.15, -0.1) is 19.6 Å². The molecule has 0 radical (unpaired) electrons. The molecule has 0 saturated heterocycles. The number of aryl methyl sites for hydroxylation is 1. The third kappa shape index (κ3) is 5.71. The van der Waals surface area contributed by atoms with Gasteiger partial charge >= 0.3 is 0 Å². The molecule has 0 amide bonds. The van der Waals surface area contributed by atoms with Gasteiger partial charge in [0.2, 0.25) is 0 Å². The first-order valence-corrected chi connectivity index (χ1v) is 6.26. The maximum atomic E-state index is 8.49. The van der Waals surface area contributed by atoms with Gasteiger partial charge in [-0.25, -0.2) is 18.6 Å². The Labute approximate surface area is 106 Å². The van der Waals surface area contributed by atoms with Gasteiger partial charge in [-0.1, -0.05) is 18.2 Å². The standard InChI is InChI=1S/C10H12N3.ClHO4/c1-2-12-8-9-13(11-12)10-6-4-3-5-7-10;2-1(3,4)5/h3-9H,2H2,1H3;(H,2,3,4,5)/q+1;/p-1. The average Bonchev–Trinajstić information content (AvgIpc) is 2.76. The molecular weight excluding hydrogens is 262 g/mol. The van der Waals surface area contributed by atoms with Crippen LogP contribution < -0.4 is 23.3 Å². The van der Waals surface area contributed by atoms with E-state index in [4.69, 9.17) is 18.6 Å². The number of aromatic nitrogens is 3. The van der Waals surface area contributed by atoms with Gasteiger partial charge in [0.05, 0.1) is 5.21 Å². The first-order chi connectivity index (χ1) is 8.40. The Morgan fingerprint density at radius 1 is 1.17 bits per heavy atom. The second-order valence-corrected chi connectivity index (χ2v) is 3.96. The van der Waals surface area contributed by atoms with Crippen LogP contribution in [0.5, 0.6) is 0 Å². The zero-order valence-corrected chi connectivity index (χ0v) is 10.4. The van der Waals surface area contributed by atoms with E-state index >= 15 is 0 Å². The molecule has 2 aromatic rings. The molecule has 0 bridgehead atoms. The lowest BCUT2D eigenvalue weighted by molar-refractivity contribution is -2.00. The summed E-state index contributed by atoms with van der Waals surface area (Å²) in [4.78, 5) is 0. The van der Waals surface area contributed by atoms with E-state index in [1.54, 1.807) is 0 Å². The molecular formula is C10H12ClN3O4. The Morgan fingerprint density at radius 3 is 2.17 bits per heavy atom. The van der Waals surface area contributed by atoms with E-state index in [0.717, 1.165) is 12.2 Å². The Balaban J connectivity index is 0.000000280. The number of rotatable bonds is 2. The first kappa shape index (κ1) is 14.6. The van der Waals surface area contributed by atoms with Gasteiger partial charge in [0, 0.05) is 0 Å². The Morgan fingerprint density at radius 2 is 1.72 bits per heavy atom. The highest BCUT2D eigenvalue weighted by atomic mass is 35.7. The van der Waals surface area contributed by atoms with E-state index in [1.165, 1.54) is 0 Å². The normalized spacial score (nSPS) is 10.7. The fraction of sp³-hybridized carbons (Fsp3) is 0.200. The molecule has 0 aliphatic carbocycles. The van der Waals surface area contributed by atoms with Gasteiger partial charge in [0.1, 0.15) is 6.54 Å². The molecule has 0 saturated carbocycles. The second kappa shape index (κ2) is 6.43. The van der Waals surface area contributed by atoms with Crippen LogP contribution in [-0.2, 0) is 6.54 Å². The average molecular weight is 274 g/mol. The predicted molar refractivity (Wildman–Crippen MR) is 49.4 cm³/mol. The van der Waals surface area contributed by atoms with Crippen molar-refractivity contribution < 1.29 is 33.6 Å². The van der Waals surface area contributed by atoms with Crippen molar-refractivity contribution in [1.82, 2.24) is 9.90 Å². The molecule has 18 heavy (non-hydrogen) atoms. The van der Waals surface area contributed by atoms with Gasteiger partial charge < -0.3 is 0 Å². The zero-order valence-electron chi connectivity index (χ0n) is 9.60. The topological polar surface area (TPSA) is 114 Å². The van der Waals surface area contributed by atoms with Crippen LogP contribution in [0.15, 0.2) is 42.7 Å². The summed E-state index contributed by atoms with van der Waals surface area (Å²) in [5, 5.41) is 4.33. The van der Waals surface area contributed by atoms with Crippen LogP contribution in [-0.4, -0.2) is 9.90 Å². The van der Waals surface area contributed by atoms with Gasteiger partial charge in [-0.05, 0) is 19.1 Å². The molecule has 0 fully saturated rings. The summed E-state index contributed by atoms with van der Waals surface area (Å²) < 4.78 is 37.7. The fourth-order valence-corrected chi connectivity index (χ4v) is 1.21. The Bertz CT molecular complexity index is 463. The van der Waals surface area contributed by atoms with E-state index in [1.807, 2.05) is 52.1 Å². The largest absolute Gasteiger partial charge is 0.222 e. The SMILES string of the molecule is CC[n+]1ccn(-c2ccccc2)n1.[O-][Cl+3]([O-])([O-])[O-]. The summed E-state index contributed by atoms with van der Waals surface area (Å²) in [5.41, 5.74) is 1.09. The van der Waals surface area contributed by atoms with Gasteiger partial charge in [-0.2, -0.15) is 0 Å². The Hall–Kier alpha value is -1.51. The number of nitrogens with zero attached hydrogens (tertiary/aromatic N) is 3. The summed E-state index contributed by atoms with van der Waals surface area (Å²) in [5.74, 6) is 0. The van der Waals surface area contributed by atoms with Gasteiger partial charge in [0.25, 0.3) is 0 Å². The molecule has 2 rings (SSSR count). The number of hydrogen-bond acceptors (Lipinski definition) is 5. The van der Waals surface area contributed by atoms with Crippen molar-refractivity contribution in [1.29, 1.82) is 0 Å². The van der Waals surface area contributed by atoms with E-state index in [9.17, 15) is 0 Å². The van der Waals surface area contributed by atoms with Crippen LogP contribution in [0, 0.1) is 10.2 Å². The fourth-order valence-electron chi connectivity index (χ4n) is 1.21. The van der Waals surface area contributed by atoms with Crippen LogP contribution in [0.4, 0.5) is 0 Å². The second-order valence-electron chi connectivity index (χ2n) is 3.20. The van der Waals surface area contributed by atoms with Gasteiger partial charge in [-0.3, -0.25) is 0 Å². The molecule has 0 aliphatic heterocycles. The highest BCUT2D eigenvalue weighted by Crippen LogP contribution is 2.02. The zero-order chi connectivity index (χ0) is 13.6. The van der Waals surface area contributed by atoms with Crippen molar-refractivity contribution >= 4 is 0 Å². The molecule has 1 aromatic carbocycles. The molecule has 98 valence electrons. The third-order valence-corrected chi connectivity index (χ3v) is 1.94. The highest BCUT2D eigenvalue weighted by Gasteiger charge is 2.05. The summed E-state index contributed by atoms with van der Waals surface area (Å²) in [6.45, 7) is 2.97. The van der Waals surface area contributed by atoms with E-state index in [-0.39, 0.29) is 0 Å². The lowest BCUT2D eigenvalue weighted by Crippen LogP contribution is -2.68. The number of halogens is 1. The van der Waals surface area contributed by atoms with E-state index < -0.39 is 10.2 Å². The smallest absolute Gasteiger partial charge is 0.161 e. The van der Waals surface area contributed by atoms with Crippen LogP contribution in [0.3, 0.4) is 0 Å². The van der Waals surface area contributed by atoms with Crippen molar-refractivity contribution in [3.63, 3.8) is 0 Å². The van der Waals surface area contributed by atoms with Crippen molar-refractivity contribution in [2.24, 2.45) is 0 Å². The molecule has 1 heterocycles. The molecule has 7 nitrogen and oxygen atoms in total. The molecule has 0 N–H and O–H groups in total. The molecule has 0 spiro atoms. The lowest BCUT2D eigenvalue weighted by atomic mass is 10.3. The van der Waals surface area contributed by atoms with Crippen LogP contribution in [0.25, 0.3) is 5.69 Å². The number of hydrogen-bond donors (Lipinski definition) is 0. The maximum absolute atomic E-state index is 8.49. The quantitative estimate of drug-likeness (QED) is 0.525. The number of benzene rings is 1. The predicted octanol–water partition coefficient (Wildman–Crippen LogP) is -3.58. The van der Waals surface area contributed by atoms with E-state index in [0.29, 0.717) is 0 Å². The van der Waals surface area contributed by atoms with Crippen molar-refractivity contribution in [3.05, 3.63) is 42.7 Å². The molecule has 8 heteroatoms. The minimum atomic E-state index is -4.94. The van der Waals surface area contributed by atoms with Crippen molar-refractivity contribution in [3.8, 4) is 5.69 Å².